The lowest BCUT2D eigenvalue weighted by Gasteiger charge is -2.31. The van der Waals surface area contributed by atoms with Crippen molar-refractivity contribution in [3.8, 4) is 0 Å². The van der Waals surface area contributed by atoms with E-state index in [9.17, 15) is 17.2 Å². The van der Waals surface area contributed by atoms with E-state index < -0.39 is 32.9 Å². The summed E-state index contributed by atoms with van der Waals surface area (Å²) in [4.78, 5) is 5.31. The average molecular weight is 348 g/mol. The first kappa shape index (κ1) is 16.7. The summed E-state index contributed by atoms with van der Waals surface area (Å²) < 4.78 is 59.8. The molecular formula is C14H18F2N2O4S. The predicted molar refractivity (Wildman–Crippen MR) is 77.9 cm³/mol. The summed E-state index contributed by atoms with van der Waals surface area (Å²) in [5, 5.41) is 0.280. The van der Waals surface area contributed by atoms with E-state index in [4.69, 9.17) is 9.57 Å². The molecule has 9 heteroatoms. The Bertz CT molecular complexity index is 679. The highest BCUT2D eigenvalue weighted by Crippen LogP contribution is 2.36. The molecule has 2 aliphatic heterocycles. The first-order valence-corrected chi connectivity index (χ1v) is 8.79. The molecule has 2 aliphatic rings. The number of rotatable bonds is 3. The van der Waals surface area contributed by atoms with E-state index in [0.717, 1.165) is 18.2 Å². The Hall–Kier alpha value is -1.13. The number of ether oxygens (including phenoxy) is 1. The van der Waals surface area contributed by atoms with Crippen molar-refractivity contribution in [2.45, 2.75) is 11.3 Å². The van der Waals surface area contributed by atoms with Crippen LogP contribution in [0.25, 0.3) is 0 Å². The molecule has 0 amide bonds. The highest BCUT2D eigenvalue weighted by molar-refractivity contribution is 7.89. The van der Waals surface area contributed by atoms with Gasteiger partial charge in [0.25, 0.3) is 0 Å². The third-order valence-electron chi connectivity index (χ3n) is 4.18. The van der Waals surface area contributed by atoms with Gasteiger partial charge in [-0.15, -0.1) is 0 Å². The molecule has 2 heterocycles. The van der Waals surface area contributed by atoms with Crippen LogP contribution in [0.4, 0.5) is 8.78 Å². The second-order valence-corrected chi connectivity index (χ2v) is 7.70. The number of nitrogens with zero attached hydrogens (tertiary/aromatic N) is 2. The normalized spacial score (nSPS) is 27.4. The summed E-state index contributed by atoms with van der Waals surface area (Å²) in [6.07, 6.45) is 0. The van der Waals surface area contributed by atoms with Crippen LogP contribution in [0.3, 0.4) is 0 Å². The van der Waals surface area contributed by atoms with Crippen molar-refractivity contribution >= 4 is 10.0 Å². The minimum Gasteiger partial charge on any atom is -0.379 e. The third-order valence-corrected chi connectivity index (χ3v) is 6.42. The second-order valence-electron chi connectivity index (χ2n) is 5.55. The average Bonchev–Trinajstić information content (AvgIpc) is 2.93. The fourth-order valence-corrected chi connectivity index (χ4v) is 4.89. The van der Waals surface area contributed by atoms with Crippen LogP contribution in [0.5, 0.6) is 0 Å². The van der Waals surface area contributed by atoms with Gasteiger partial charge in [-0.05, 0) is 18.2 Å². The fraction of sp³-hybridized carbons (Fsp3) is 0.571. The maximum atomic E-state index is 14.1. The van der Waals surface area contributed by atoms with E-state index in [2.05, 4.69) is 0 Å². The molecule has 0 saturated carbocycles. The number of hydroxylamine groups is 2. The van der Waals surface area contributed by atoms with Crippen LogP contribution in [-0.4, -0.2) is 63.0 Å². The molecule has 0 aromatic heterocycles. The van der Waals surface area contributed by atoms with Crippen LogP contribution < -0.4 is 0 Å². The van der Waals surface area contributed by atoms with Gasteiger partial charge < -0.3 is 4.74 Å². The van der Waals surface area contributed by atoms with Crippen molar-refractivity contribution in [2.24, 2.45) is 0 Å². The summed E-state index contributed by atoms with van der Waals surface area (Å²) in [5.74, 6) is -1.28. The summed E-state index contributed by atoms with van der Waals surface area (Å²) >= 11 is 0. The van der Waals surface area contributed by atoms with Crippen molar-refractivity contribution in [3.05, 3.63) is 35.4 Å². The molecule has 1 aromatic rings. The van der Waals surface area contributed by atoms with Crippen molar-refractivity contribution in [1.82, 2.24) is 9.37 Å². The zero-order valence-electron chi connectivity index (χ0n) is 12.6. The Morgan fingerprint density at radius 1 is 1.22 bits per heavy atom. The molecule has 0 N–H and O–H groups in total. The minimum absolute atomic E-state index is 0.0214. The molecule has 6 nitrogen and oxygen atoms in total. The molecular weight excluding hydrogens is 330 g/mol. The summed E-state index contributed by atoms with van der Waals surface area (Å²) in [6.45, 7) is 1.04. The fourth-order valence-electron chi connectivity index (χ4n) is 2.98. The lowest BCUT2D eigenvalue weighted by atomic mass is 10.0. The van der Waals surface area contributed by atoms with Gasteiger partial charge in [0.2, 0.25) is 10.0 Å². The van der Waals surface area contributed by atoms with Gasteiger partial charge in [-0.1, -0.05) is 0 Å². The molecule has 0 aliphatic carbocycles. The number of hydrogen-bond acceptors (Lipinski definition) is 5. The zero-order chi connectivity index (χ0) is 16.6. The molecule has 2 unspecified atom stereocenters. The lowest BCUT2D eigenvalue weighted by Crippen LogP contribution is -2.47. The summed E-state index contributed by atoms with van der Waals surface area (Å²) in [6, 6.07) is 2.11. The molecule has 3 rings (SSSR count). The van der Waals surface area contributed by atoms with Gasteiger partial charge in [0, 0.05) is 25.7 Å². The standard InChI is InChI=1S/C14H18F2N2O4S/c1-17-14(11-8-10(15)2-3-12(11)16)13(9-22-17)23(19,20)18-4-6-21-7-5-18/h2-3,8,13-14H,4-7,9H2,1H3. The largest absolute Gasteiger partial charge is 0.379 e. The molecule has 0 spiro atoms. The van der Waals surface area contributed by atoms with Crippen LogP contribution in [0.2, 0.25) is 0 Å². The number of hydrogen-bond donors (Lipinski definition) is 0. The predicted octanol–water partition coefficient (Wildman–Crippen LogP) is 0.913. The Balaban J connectivity index is 1.96. The van der Waals surface area contributed by atoms with Crippen molar-refractivity contribution in [3.63, 3.8) is 0 Å². The van der Waals surface area contributed by atoms with Crippen molar-refractivity contribution in [1.29, 1.82) is 0 Å². The van der Waals surface area contributed by atoms with E-state index in [0.29, 0.717) is 13.2 Å². The lowest BCUT2D eigenvalue weighted by molar-refractivity contribution is -0.111. The topological polar surface area (TPSA) is 59.1 Å². The van der Waals surface area contributed by atoms with E-state index in [1.165, 1.54) is 16.4 Å². The van der Waals surface area contributed by atoms with Crippen LogP contribution in [-0.2, 0) is 19.6 Å². The Morgan fingerprint density at radius 2 is 1.91 bits per heavy atom. The Kier molecular flexibility index (Phi) is 4.65. The molecule has 2 saturated heterocycles. The molecule has 2 fully saturated rings. The number of benzene rings is 1. The Morgan fingerprint density at radius 3 is 2.61 bits per heavy atom. The molecule has 2 atom stereocenters. The highest BCUT2D eigenvalue weighted by Gasteiger charge is 2.47. The number of morpholine rings is 1. The summed E-state index contributed by atoms with van der Waals surface area (Å²) in [7, 11) is -2.21. The van der Waals surface area contributed by atoms with Crippen LogP contribution in [0, 0.1) is 11.6 Å². The molecule has 1 aromatic carbocycles. The van der Waals surface area contributed by atoms with Gasteiger partial charge >= 0.3 is 0 Å². The molecule has 0 bridgehead atoms. The SMILES string of the molecule is CN1OCC(S(=O)(=O)N2CCOCC2)C1c1cc(F)ccc1F. The van der Waals surface area contributed by atoms with E-state index in [1.54, 1.807) is 0 Å². The van der Waals surface area contributed by atoms with Gasteiger partial charge in [-0.25, -0.2) is 17.2 Å². The van der Waals surface area contributed by atoms with Crippen LogP contribution in [0.1, 0.15) is 11.6 Å². The van der Waals surface area contributed by atoms with E-state index in [1.807, 2.05) is 0 Å². The molecule has 23 heavy (non-hydrogen) atoms. The minimum atomic E-state index is -3.72. The number of sulfonamides is 1. The van der Waals surface area contributed by atoms with Crippen LogP contribution in [0.15, 0.2) is 18.2 Å². The third kappa shape index (κ3) is 3.11. The Labute approximate surface area is 133 Å². The van der Waals surface area contributed by atoms with Crippen molar-refractivity contribution < 1.29 is 26.8 Å². The smallest absolute Gasteiger partial charge is 0.221 e. The van der Waals surface area contributed by atoms with Gasteiger partial charge in [0.05, 0.1) is 25.9 Å². The maximum Gasteiger partial charge on any atom is 0.221 e. The van der Waals surface area contributed by atoms with Crippen molar-refractivity contribution in [2.75, 3.05) is 40.0 Å². The summed E-state index contributed by atoms with van der Waals surface area (Å²) in [5.41, 5.74) is -0.0214. The highest BCUT2D eigenvalue weighted by atomic mass is 32.2. The quantitative estimate of drug-likeness (QED) is 0.813. The first-order chi connectivity index (χ1) is 10.9. The van der Waals surface area contributed by atoms with Gasteiger partial charge in [0.15, 0.2) is 0 Å². The van der Waals surface area contributed by atoms with E-state index >= 15 is 0 Å². The van der Waals surface area contributed by atoms with Gasteiger partial charge in [-0.2, -0.15) is 9.37 Å². The zero-order valence-corrected chi connectivity index (χ0v) is 13.4. The first-order valence-electron chi connectivity index (χ1n) is 7.28. The van der Waals surface area contributed by atoms with E-state index in [-0.39, 0.29) is 25.3 Å². The van der Waals surface area contributed by atoms with Crippen LogP contribution >= 0.6 is 0 Å². The maximum absolute atomic E-state index is 14.1. The monoisotopic (exact) mass is 348 g/mol. The van der Waals surface area contributed by atoms with Gasteiger partial charge in [-0.3, -0.25) is 4.84 Å². The molecule has 128 valence electrons. The van der Waals surface area contributed by atoms with Gasteiger partial charge in [0.1, 0.15) is 16.9 Å². The number of halogens is 2. The molecule has 0 radical (unpaired) electrons. The second kappa shape index (κ2) is 6.40.